The van der Waals surface area contributed by atoms with Crippen molar-refractivity contribution in [2.75, 3.05) is 29.9 Å². The van der Waals surface area contributed by atoms with E-state index in [1.165, 1.54) is 18.9 Å². The Morgan fingerprint density at radius 1 is 0.962 bits per heavy atom. The van der Waals surface area contributed by atoms with Crippen molar-refractivity contribution in [3.63, 3.8) is 0 Å². The Hall–Kier alpha value is -2.89. The van der Waals surface area contributed by atoms with Crippen LogP contribution in [0.4, 0.5) is 15.8 Å². The molecule has 0 aromatic heterocycles. The molecular formula is C20H22FN3O2. The van der Waals surface area contributed by atoms with Crippen LogP contribution in [0.15, 0.2) is 48.5 Å². The molecule has 0 radical (unpaired) electrons. The van der Waals surface area contributed by atoms with E-state index >= 15 is 0 Å². The van der Waals surface area contributed by atoms with Crippen molar-refractivity contribution in [2.24, 2.45) is 0 Å². The topological polar surface area (TPSA) is 61.4 Å². The molecule has 0 saturated carbocycles. The minimum absolute atomic E-state index is 0.196. The normalized spacial score (nSPS) is 13.5. The summed E-state index contributed by atoms with van der Waals surface area (Å²) in [7, 11) is 0. The maximum absolute atomic E-state index is 13.5. The van der Waals surface area contributed by atoms with Crippen molar-refractivity contribution >= 4 is 23.2 Å². The van der Waals surface area contributed by atoms with Gasteiger partial charge in [-0.15, -0.1) is 0 Å². The van der Waals surface area contributed by atoms with Gasteiger partial charge in [-0.2, -0.15) is 0 Å². The quantitative estimate of drug-likeness (QED) is 0.811. The number of nitrogens with zero attached hydrogens (tertiary/aromatic N) is 1. The van der Waals surface area contributed by atoms with Crippen molar-refractivity contribution < 1.29 is 14.0 Å². The zero-order valence-electron chi connectivity index (χ0n) is 14.5. The van der Waals surface area contributed by atoms with Gasteiger partial charge in [-0.3, -0.25) is 9.59 Å². The average molecular weight is 355 g/mol. The van der Waals surface area contributed by atoms with Gasteiger partial charge >= 0.3 is 11.8 Å². The predicted octanol–water partition coefficient (Wildman–Crippen LogP) is 2.72. The SMILES string of the molecule is O=C(NCCc1ccccc1F)C(=O)Nc1ccc(N2CCCC2)cc1. The number of halogens is 1. The fraction of sp³-hybridized carbons (Fsp3) is 0.300. The zero-order chi connectivity index (χ0) is 18.4. The second-order valence-corrected chi connectivity index (χ2v) is 6.29. The average Bonchev–Trinajstić information content (AvgIpc) is 3.18. The highest BCUT2D eigenvalue weighted by molar-refractivity contribution is 6.39. The van der Waals surface area contributed by atoms with E-state index in [0.717, 1.165) is 18.8 Å². The Balaban J connectivity index is 1.46. The largest absolute Gasteiger partial charge is 0.372 e. The molecular weight excluding hydrogens is 333 g/mol. The second kappa shape index (κ2) is 8.47. The number of hydrogen-bond donors (Lipinski definition) is 2. The summed E-state index contributed by atoms with van der Waals surface area (Å²) in [5.74, 6) is -1.78. The first-order valence-electron chi connectivity index (χ1n) is 8.81. The first kappa shape index (κ1) is 17.9. The standard InChI is InChI=1S/C20H22FN3O2/c21-18-6-2-1-5-15(18)11-12-22-19(25)20(26)23-16-7-9-17(10-8-16)24-13-3-4-14-24/h1-2,5-10H,3-4,11-14H2,(H,22,25)(H,23,26). The number of benzene rings is 2. The molecule has 3 rings (SSSR count). The molecule has 0 bridgehead atoms. The summed E-state index contributed by atoms with van der Waals surface area (Å²) in [6, 6.07) is 13.8. The molecule has 1 aliphatic heterocycles. The summed E-state index contributed by atoms with van der Waals surface area (Å²) in [6.45, 7) is 2.30. The van der Waals surface area contributed by atoms with Gasteiger partial charge in [0.2, 0.25) is 0 Å². The van der Waals surface area contributed by atoms with Gasteiger partial charge in [0.05, 0.1) is 0 Å². The van der Waals surface area contributed by atoms with Crippen LogP contribution in [-0.4, -0.2) is 31.4 Å². The Labute approximate surface area is 152 Å². The van der Waals surface area contributed by atoms with E-state index in [9.17, 15) is 14.0 Å². The lowest BCUT2D eigenvalue weighted by atomic mass is 10.1. The molecule has 1 heterocycles. The van der Waals surface area contributed by atoms with Gasteiger partial charge in [0, 0.05) is 31.0 Å². The van der Waals surface area contributed by atoms with E-state index in [4.69, 9.17) is 0 Å². The molecule has 1 fully saturated rings. The molecule has 2 amide bonds. The predicted molar refractivity (Wildman–Crippen MR) is 99.6 cm³/mol. The lowest BCUT2D eigenvalue weighted by molar-refractivity contribution is -0.136. The van der Waals surface area contributed by atoms with E-state index in [1.54, 1.807) is 30.3 Å². The molecule has 0 atom stereocenters. The Morgan fingerprint density at radius 3 is 2.35 bits per heavy atom. The van der Waals surface area contributed by atoms with Crippen molar-refractivity contribution in [3.05, 3.63) is 59.9 Å². The number of hydrogen-bond acceptors (Lipinski definition) is 3. The summed E-state index contributed by atoms with van der Waals surface area (Å²) in [5, 5.41) is 5.08. The maximum atomic E-state index is 13.5. The van der Waals surface area contributed by atoms with Crippen molar-refractivity contribution in [1.29, 1.82) is 0 Å². The van der Waals surface area contributed by atoms with Crippen molar-refractivity contribution in [2.45, 2.75) is 19.3 Å². The van der Waals surface area contributed by atoms with Gasteiger partial charge in [-0.25, -0.2) is 4.39 Å². The molecule has 0 unspecified atom stereocenters. The van der Waals surface area contributed by atoms with Crippen LogP contribution in [0.25, 0.3) is 0 Å². The maximum Gasteiger partial charge on any atom is 0.313 e. The molecule has 5 nitrogen and oxygen atoms in total. The van der Waals surface area contributed by atoms with Gasteiger partial charge in [0.15, 0.2) is 0 Å². The number of carbonyl (C=O) groups excluding carboxylic acids is 2. The first-order chi connectivity index (χ1) is 12.6. The Morgan fingerprint density at radius 2 is 1.65 bits per heavy atom. The lowest BCUT2D eigenvalue weighted by Gasteiger charge is -2.17. The molecule has 2 aromatic rings. The summed E-state index contributed by atoms with van der Waals surface area (Å²) in [4.78, 5) is 26.1. The summed E-state index contributed by atoms with van der Waals surface area (Å²) in [5.41, 5.74) is 2.20. The van der Waals surface area contributed by atoms with Crippen LogP contribution in [-0.2, 0) is 16.0 Å². The minimum Gasteiger partial charge on any atom is -0.372 e. The van der Waals surface area contributed by atoms with Crippen LogP contribution in [0.3, 0.4) is 0 Å². The number of carbonyl (C=O) groups is 2. The van der Waals surface area contributed by atoms with E-state index in [-0.39, 0.29) is 12.4 Å². The fourth-order valence-corrected chi connectivity index (χ4v) is 3.01. The lowest BCUT2D eigenvalue weighted by Crippen LogP contribution is -2.36. The molecule has 2 N–H and O–H groups in total. The molecule has 136 valence electrons. The summed E-state index contributed by atoms with van der Waals surface area (Å²) >= 11 is 0. The Bertz CT molecular complexity index is 771. The van der Waals surface area contributed by atoms with Crippen LogP contribution >= 0.6 is 0 Å². The smallest absolute Gasteiger partial charge is 0.313 e. The van der Waals surface area contributed by atoms with E-state index in [1.807, 2.05) is 12.1 Å². The monoisotopic (exact) mass is 355 g/mol. The third-order valence-corrected chi connectivity index (χ3v) is 4.44. The van der Waals surface area contributed by atoms with E-state index < -0.39 is 11.8 Å². The zero-order valence-corrected chi connectivity index (χ0v) is 14.5. The number of amides is 2. The summed E-state index contributed by atoms with van der Waals surface area (Å²) in [6.07, 6.45) is 2.73. The highest BCUT2D eigenvalue weighted by Gasteiger charge is 2.15. The molecule has 6 heteroatoms. The van der Waals surface area contributed by atoms with Crippen LogP contribution in [0, 0.1) is 5.82 Å². The van der Waals surface area contributed by atoms with Gasteiger partial charge in [-0.1, -0.05) is 18.2 Å². The van der Waals surface area contributed by atoms with E-state index in [2.05, 4.69) is 15.5 Å². The van der Waals surface area contributed by atoms with Gasteiger partial charge in [0.1, 0.15) is 5.82 Å². The highest BCUT2D eigenvalue weighted by Crippen LogP contribution is 2.21. The molecule has 2 aromatic carbocycles. The van der Waals surface area contributed by atoms with Crippen LogP contribution < -0.4 is 15.5 Å². The van der Waals surface area contributed by atoms with Crippen LogP contribution in [0.2, 0.25) is 0 Å². The third-order valence-electron chi connectivity index (χ3n) is 4.44. The molecule has 26 heavy (non-hydrogen) atoms. The Kier molecular flexibility index (Phi) is 5.84. The summed E-state index contributed by atoms with van der Waals surface area (Å²) < 4.78 is 13.5. The molecule has 1 aliphatic rings. The van der Waals surface area contributed by atoms with Crippen molar-refractivity contribution in [3.8, 4) is 0 Å². The van der Waals surface area contributed by atoms with Crippen molar-refractivity contribution in [1.82, 2.24) is 5.32 Å². The van der Waals surface area contributed by atoms with Gasteiger partial charge in [-0.05, 0) is 55.2 Å². The third kappa shape index (κ3) is 4.59. The molecule has 1 saturated heterocycles. The number of nitrogens with one attached hydrogen (secondary N) is 2. The van der Waals surface area contributed by atoms with Gasteiger partial charge in [0.25, 0.3) is 0 Å². The molecule has 0 spiro atoms. The minimum atomic E-state index is -0.732. The molecule has 0 aliphatic carbocycles. The number of anilines is 2. The van der Waals surface area contributed by atoms with Gasteiger partial charge < -0.3 is 15.5 Å². The van der Waals surface area contributed by atoms with Crippen LogP contribution in [0.1, 0.15) is 18.4 Å². The fourth-order valence-electron chi connectivity index (χ4n) is 3.01. The first-order valence-corrected chi connectivity index (χ1v) is 8.81. The van der Waals surface area contributed by atoms with E-state index in [0.29, 0.717) is 17.7 Å². The van der Waals surface area contributed by atoms with Crippen LogP contribution in [0.5, 0.6) is 0 Å². The second-order valence-electron chi connectivity index (χ2n) is 6.29. The number of rotatable bonds is 5. The highest BCUT2D eigenvalue weighted by atomic mass is 19.1.